The summed E-state index contributed by atoms with van der Waals surface area (Å²) in [6.07, 6.45) is 1.82. The molecule has 5 nitrogen and oxygen atoms in total. The lowest BCUT2D eigenvalue weighted by atomic mass is 10.1. The fraction of sp³-hybridized carbons (Fsp3) is 0.667. The van der Waals surface area contributed by atoms with Gasteiger partial charge in [0.25, 0.3) is 0 Å². The number of aromatic nitrogens is 2. The minimum Gasteiger partial charge on any atom is -0.357 e. The van der Waals surface area contributed by atoms with E-state index in [2.05, 4.69) is 53.5 Å². The number of aromatic amines is 1. The molecule has 0 atom stereocenters. The number of hydrogen-bond donors (Lipinski definition) is 3. The van der Waals surface area contributed by atoms with E-state index >= 15 is 0 Å². The molecule has 18 heavy (non-hydrogen) atoms. The number of halogens is 1. The van der Waals surface area contributed by atoms with Crippen LogP contribution in [0.2, 0.25) is 0 Å². The third-order valence-electron chi connectivity index (χ3n) is 2.18. The third-order valence-corrected chi connectivity index (χ3v) is 2.18. The van der Waals surface area contributed by atoms with Crippen molar-refractivity contribution in [3.05, 3.63) is 17.5 Å². The number of H-pyrrole nitrogens is 1. The molecule has 0 aliphatic carbocycles. The topological polar surface area (TPSA) is 65.1 Å². The molecule has 0 aliphatic rings. The van der Waals surface area contributed by atoms with Crippen LogP contribution in [0.4, 0.5) is 0 Å². The highest BCUT2D eigenvalue weighted by Crippen LogP contribution is 2.04. The third kappa shape index (κ3) is 6.23. The average molecular weight is 365 g/mol. The second-order valence-corrected chi connectivity index (χ2v) is 5.09. The van der Waals surface area contributed by atoms with Crippen molar-refractivity contribution in [3.8, 4) is 0 Å². The number of aryl methyl sites for hydroxylation is 1. The van der Waals surface area contributed by atoms with Crippen molar-refractivity contribution >= 4 is 29.9 Å². The van der Waals surface area contributed by atoms with Crippen LogP contribution in [-0.2, 0) is 6.54 Å². The van der Waals surface area contributed by atoms with Crippen molar-refractivity contribution in [2.24, 2.45) is 4.99 Å². The number of hydrogen-bond acceptors (Lipinski definition) is 2. The fourth-order valence-electron chi connectivity index (χ4n) is 1.36. The fourth-order valence-corrected chi connectivity index (χ4v) is 1.36. The number of nitrogens with one attached hydrogen (secondary N) is 3. The van der Waals surface area contributed by atoms with Gasteiger partial charge in [-0.05, 0) is 34.6 Å². The summed E-state index contributed by atoms with van der Waals surface area (Å²) < 4.78 is 0. The molecule has 0 radical (unpaired) electrons. The number of nitrogens with zero attached hydrogens (tertiary/aromatic N) is 2. The van der Waals surface area contributed by atoms with Crippen LogP contribution in [0.3, 0.4) is 0 Å². The summed E-state index contributed by atoms with van der Waals surface area (Å²) in [5, 5.41) is 13.5. The molecule has 0 saturated heterocycles. The van der Waals surface area contributed by atoms with E-state index < -0.39 is 0 Å². The first kappa shape index (κ1) is 17.2. The smallest absolute Gasteiger partial charge is 0.191 e. The minimum atomic E-state index is 0. The molecule has 1 aromatic rings. The first-order valence-corrected chi connectivity index (χ1v) is 5.97. The first-order valence-electron chi connectivity index (χ1n) is 5.97. The van der Waals surface area contributed by atoms with Crippen LogP contribution in [0.5, 0.6) is 0 Å². The van der Waals surface area contributed by atoms with Crippen LogP contribution in [0.25, 0.3) is 0 Å². The molecule has 1 rings (SSSR count). The summed E-state index contributed by atoms with van der Waals surface area (Å²) in [6, 6.07) is 0. The maximum atomic E-state index is 4.54. The van der Waals surface area contributed by atoms with Crippen LogP contribution in [0.1, 0.15) is 39.0 Å². The van der Waals surface area contributed by atoms with Crippen molar-refractivity contribution in [3.63, 3.8) is 0 Å². The second kappa shape index (κ2) is 7.60. The summed E-state index contributed by atoms with van der Waals surface area (Å²) >= 11 is 0. The van der Waals surface area contributed by atoms with Crippen molar-refractivity contribution in [1.82, 2.24) is 20.8 Å². The summed E-state index contributed by atoms with van der Waals surface area (Å²) in [4.78, 5) is 4.54. The summed E-state index contributed by atoms with van der Waals surface area (Å²) in [7, 11) is 0. The van der Waals surface area contributed by atoms with Gasteiger partial charge in [-0.3, -0.25) is 5.10 Å². The van der Waals surface area contributed by atoms with Gasteiger partial charge in [0.15, 0.2) is 5.96 Å². The Morgan fingerprint density at radius 2 is 2.11 bits per heavy atom. The van der Waals surface area contributed by atoms with Gasteiger partial charge in [0, 0.05) is 23.3 Å². The predicted octanol–water partition coefficient (Wildman–Crippen LogP) is 2.19. The molecule has 0 saturated carbocycles. The molecular formula is C12H24IN5. The highest BCUT2D eigenvalue weighted by molar-refractivity contribution is 14.0. The monoisotopic (exact) mass is 365 g/mol. The molecule has 6 heteroatoms. The molecule has 1 aromatic heterocycles. The zero-order valence-electron chi connectivity index (χ0n) is 11.8. The Labute approximate surface area is 126 Å². The number of rotatable bonds is 3. The van der Waals surface area contributed by atoms with Gasteiger partial charge in [-0.2, -0.15) is 5.10 Å². The summed E-state index contributed by atoms with van der Waals surface area (Å²) in [5.41, 5.74) is 2.20. The van der Waals surface area contributed by atoms with E-state index in [0.29, 0.717) is 6.54 Å². The second-order valence-electron chi connectivity index (χ2n) is 5.09. The first-order chi connectivity index (χ1) is 7.92. The van der Waals surface area contributed by atoms with Crippen LogP contribution in [0, 0.1) is 6.92 Å². The normalized spacial score (nSPS) is 11.9. The van der Waals surface area contributed by atoms with Crippen molar-refractivity contribution < 1.29 is 0 Å². The Hall–Kier alpha value is -0.790. The van der Waals surface area contributed by atoms with E-state index in [9.17, 15) is 0 Å². The van der Waals surface area contributed by atoms with Gasteiger partial charge in [0.05, 0.1) is 12.7 Å². The van der Waals surface area contributed by atoms with Crippen LogP contribution < -0.4 is 10.6 Å². The van der Waals surface area contributed by atoms with E-state index in [-0.39, 0.29) is 29.5 Å². The van der Waals surface area contributed by atoms with Gasteiger partial charge in [-0.15, -0.1) is 24.0 Å². The molecule has 0 amide bonds. The predicted molar refractivity (Wildman–Crippen MR) is 86.4 cm³/mol. The molecule has 104 valence electrons. The van der Waals surface area contributed by atoms with Crippen LogP contribution in [0.15, 0.2) is 11.2 Å². The van der Waals surface area contributed by atoms with E-state index in [1.807, 2.05) is 13.1 Å². The molecular weight excluding hydrogens is 341 g/mol. The maximum Gasteiger partial charge on any atom is 0.191 e. The Morgan fingerprint density at radius 1 is 1.44 bits per heavy atom. The number of guanidine groups is 1. The molecule has 3 N–H and O–H groups in total. The summed E-state index contributed by atoms with van der Waals surface area (Å²) in [6.45, 7) is 11.9. The minimum absolute atomic E-state index is 0. The van der Waals surface area contributed by atoms with E-state index in [1.54, 1.807) is 0 Å². The molecule has 0 aromatic carbocycles. The SMILES string of the molecule is CCNC(=NCc1cn[nH]c1C)NC(C)(C)C.I. The highest BCUT2D eigenvalue weighted by atomic mass is 127. The van der Waals surface area contributed by atoms with Gasteiger partial charge in [-0.25, -0.2) is 4.99 Å². The highest BCUT2D eigenvalue weighted by Gasteiger charge is 2.11. The summed E-state index contributed by atoms with van der Waals surface area (Å²) in [5.74, 6) is 0.834. The van der Waals surface area contributed by atoms with Crippen LogP contribution >= 0.6 is 24.0 Å². The van der Waals surface area contributed by atoms with E-state index in [4.69, 9.17) is 0 Å². The van der Waals surface area contributed by atoms with Gasteiger partial charge >= 0.3 is 0 Å². The molecule has 1 heterocycles. The molecule has 0 fully saturated rings. The van der Waals surface area contributed by atoms with Crippen LogP contribution in [-0.4, -0.2) is 28.2 Å². The van der Waals surface area contributed by atoms with Crippen molar-refractivity contribution in [1.29, 1.82) is 0 Å². The van der Waals surface area contributed by atoms with Gasteiger partial charge in [0.1, 0.15) is 0 Å². The van der Waals surface area contributed by atoms with Crippen molar-refractivity contribution in [2.75, 3.05) is 6.54 Å². The molecule has 0 unspecified atom stereocenters. The zero-order chi connectivity index (χ0) is 12.9. The lowest BCUT2D eigenvalue weighted by Crippen LogP contribution is -2.47. The quantitative estimate of drug-likeness (QED) is 0.437. The Morgan fingerprint density at radius 3 is 2.56 bits per heavy atom. The van der Waals surface area contributed by atoms with E-state index in [0.717, 1.165) is 23.8 Å². The van der Waals surface area contributed by atoms with Gasteiger partial charge in [-0.1, -0.05) is 0 Å². The average Bonchev–Trinajstić information content (AvgIpc) is 2.59. The number of aliphatic imine (C=N–C) groups is 1. The Balaban J connectivity index is 0.00000289. The molecule has 0 bridgehead atoms. The Bertz CT molecular complexity index is 378. The molecule has 0 spiro atoms. The Kier molecular flexibility index (Phi) is 7.27. The lowest BCUT2D eigenvalue weighted by molar-refractivity contribution is 0.501. The molecule has 0 aliphatic heterocycles. The van der Waals surface area contributed by atoms with E-state index in [1.165, 1.54) is 0 Å². The maximum absolute atomic E-state index is 4.54. The largest absolute Gasteiger partial charge is 0.357 e. The van der Waals surface area contributed by atoms with Crippen molar-refractivity contribution in [2.45, 2.75) is 46.7 Å². The zero-order valence-corrected chi connectivity index (χ0v) is 14.1. The van der Waals surface area contributed by atoms with Gasteiger partial charge in [0.2, 0.25) is 0 Å². The van der Waals surface area contributed by atoms with Gasteiger partial charge < -0.3 is 10.6 Å². The lowest BCUT2D eigenvalue weighted by Gasteiger charge is -2.23. The standard InChI is InChI=1S/C12H23N5.HI/c1-6-13-11(16-12(3,4)5)14-7-10-8-15-17-9(10)2;/h8H,6-7H2,1-5H3,(H,15,17)(H2,13,14,16);1H.